The minimum Gasteiger partial charge on any atom is -0.489 e. The number of fused-ring (bicyclic) bond motifs is 1. The van der Waals surface area contributed by atoms with E-state index in [2.05, 4.69) is 0 Å². The summed E-state index contributed by atoms with van der Waals surface area (Å²) in [5.74, 6) is 0.336. The van der Waals surface area contributed by atoms with Crippen LogP contribution in [-0.4, -0.2) is 25.1 Å². The summed E-state index contributed by atoms with van der Waals surface area (Å²) in [6.45, 7) is 1.38. The summed E-state index contributed by atoms with van der Waals surface area (Å²) in [6, 6.07) is 4.10. The molecule has 2 atom stereocenters. The molecule has 0 radical (unpaired) electrons. The molecule has 0 bridgehead atoms. The SMILES string of the molecule is O=C1CC(C2CCOC2)Oc2ccc(F)cc21. The van der Waals surface area contributed by atoms with Crippen molar-refractivity contribution in [3.63, 3.8) is 0 Å². The Morgan fingerprint density at radius 3 is 3.00 bits per heavy atom. The largest absolute Gasteiger partial charge is 0.489 e. The third-order valence-corrected chi connectivity index (χ3v) is 3.40. The van der Waals surface area contributed by atoms with Gasteiger partial charge in [-0.15, -0.1) is 0 Å². The fourth-order valence-electron chi connectivity index (χ4n) is 2.43. The van der Waals surface area contributed by atoms with Crippen LogP contribution in [0.3, 0.4) is 0 Å². The van der Waals surface area contributed by atoms with E-state index in [1.165, 1.54) is 18.2 Å². The van der Waals surface area contributed by atoms with Gasteiger partial charge in [-0.2, -0.15) is 0 Å². The van der Waals surface area contributed by atoms with Crippen LogP contribution in [0, 0.1) is 11.7 Å². The van der Waals surface area contributed by atoms with Gasteiger partial charge in [-0.3, -0.25) is 4.79 Å². The van der Waals surface area contributed by atoms with E-state index in [0.29, 0.717) is 24.3 Å². The van der Waals surface area contributed by atoms with Crippen LogP contribution in [0.25, 0.3) is 0 Å². The Hall–Kier alpha value is -1.42. The van der Waals surface area contributed by atoms with E-state index >= 15 is 0 Å². The van der Waals surface area contributed by atoms with Gasteiger partial charge in [-0.1, -0.05) is 0 Å². The number of benzene rings is 1. The molecule has 17 heavy (non-hydrogen) atoms. The molecule has 2 aliphatic heterocycles. The minimum absolute atomic E-state index is 0.0392. The molecule has 1 aromatic rings. The predicted octanol–water partition coefficient (Wildman–Crippen LogP) is 2.20. The highest BCUT2D eigenvalue weighted by atomic mass is 19.1. The van der Waals surface area contributed by atoms with E-state index < -0.39 is 5.82 Å². The molecule has 2 unspecified atom stereocenters. The Labute approximate surface area is 98.5 Å². The molecule has 0 aliphatic carbocycles. The Bertz CT molecular complexity index is 452. The molecule has 0 amide bonds. The van der Waals surface area contributed by atoms with Gasteiger partial charge in [-0.05, 0) is 24.6 Å². The van der Waals surface area contributed by atoms with Crippen molar-refractivity contribution in [2.24, 2.45) is 5.92 Å². The maximum absolute atomic E-state index is 13.0. The van der Waals surface area contributed by atoms with Crippen LogP contribution < -0.4 is 4.74 Å². The molecule has 0 spiro atoms. The average molecular weight is 236 g/mol. The van der Waals surface area contributed by atoms with Crippen LogP contribution in [0.5, 0.6) is 5.75 Å². The van der Waals surface area contributed by atoms with E-state index in [1.807, 2.05) is 0 Å². The number of hydrogen-bond donors (Lipinski definition) is 0. The molecule has 2 aliphatic rings. The molecule has 90 valence electrons. The molecular formula is C13H13FO3. The van der Waals surface area contributed by atoms with Gasteiger partial charge in [0.25, 0.3) is 0 Å². The zero-order valence-electron chi connectivity index (χ0n) is 9.32. The summed E-state index contributed by atoms with van der Waals surface area (Å²) in [7, 11) is 0. The van der Waals surface area contributed by atoms with E-state index in [9.17, 15) is 9.18 Å². The highest BCUT2D eigenvalue weighted by Gasteiger charge is 2.34. The number of ether oxygens (including phenoxy) is 2. The second-order valence-electron chi connectivity index (χ2n) is 4.55. The number of carbonyl (C=O) groups is 1. The smallest absolute Gasteiger partial charge is 0.170 e. The lowest BCUT2D eigenvalue weighted by molar-refractivity contribution is 0.0692. The highest BCUT2D eigenvalue weighted by molar-refractivity contribution is 5.99. The van der Waals surface area contributed by atoms with Gasteiger partial charge in [0, 0.05) is 18.9 Å². The standard InChI is InChI=1S/C13H13FO3/c14-9-1-2-12-10(5-9)11(15)6-13(17-12)8-3-4-16-7-8/h1-2,5,8,13H,3-4,6-7H2. The summed E-state index contributed by atoms with van der Waals surface area (Å²) < 4.78 is 24.1. The van der Waals surface area contributed by atoms with E-state index in [0.717, 1.165) is 13.0 Å². The van der Waals surface area contributed by atoms with Crippen LogP contribution in [0.1, 0.15) is 23.2 Å². The van der Waals surface area contributed by atoms with Crippen LogP contribution >= 0.6 is 0 Å². The van der Waals surface area contributed by atoms with Crippen molar-refractivity contribution in [3.8, 4) is 5.75 Å². The second-order valence-corrected chi connectivity index (χ2v) is 4.55. The maximum Gasteiger partial charge on any atom is 0.170 e. The molecule has 4 heteroatoms. The lowest BCUT2D eigenvalue weighted by Crippen LogP contribution is -2.34. The van der Waals surface area contributed by atoms with Crippen molar-refractivity contribution in [3.05, 3.63) is 29.6 Å². The second kappa shape index (κ2) is 4.11. The first-order chi connectivity index (χ1) is 8.24. The average Bonchev–Trinajstić information content (AvgIpc) is 2.83. The summed E-state index contributed by atoms with van der Waals surface area (Å²) in [4.78, 5) is 11.9. The zero-order valence-corrected chi connectivity index (χ0v) is 9.32. The number of ketones is 1. The topological polar surface area (TPSA) is 35.5 Å². The lowest BCUT2D eigenvalue weighted by Gasteiger charge is -2.28. The van der Waals surface area contributed by atoms with Crippen molar-refractivity contribution < 1.29 is 18.7 Å². The van der Waals surface area contributed by atoms with Gasteiger partial charge in [0.05, 0.1) is 12.2 Å². The van der Waals surface area contributed by atoms with E-state index in [1.54, 1.807) is 0 Å². The molecule has 1 aromatic carbocycles. The Balaban J connectivity index is 1.87. The van der Waals surface area contributed by atoms with Crippen molar-refractivity contribution in [1.82, 2.24) is 0 Å². The fourth-order valence-corrected chi connectivity index (χ4v) is 2.43. The van der Waals surface area contributed by atoms with Crippen LogP contribution in [0.2, 0.25) is 0 Å². The molecule has 1 fully saturated rings. The third kappa shape index (κ3) is 1.93. The van der Waals surface area contributed by atoms with E-state index in [-0.39, 0.29) is 17.8 Å². The van der Waals surface area contributed by atoms with E-state index in [4.69, 9.17) is 9.47 Å². The lowest BCUT2D eigenvalue weighted by atomic mass is 9.92. The van der Waals surface area contributed by atoms with Gasteiger partial charge in [0.15, 0.2) is 5.78 Å². The molecule has 0 saturated carbocycles. The molecule has 0 aromatic heterocycles. The number of halogens is 1. The number of rotatable bonds is 1. The first-order valence-electron chi connectivity index (χ1n) is 5.81. The fraction of sp³-hybridized carbons (Fsp3) is 0.462. The highest BCUT2D eigenvalue weighted by Crippen LogP contribution is 2.33. The number of carbonyl (C=O) groups excluding carboxylic acids is 1. The first kappa shape index (κ1) is 10.7. The minimum atomic E-state index is -0.400. The van der Waals surface area contributed by atoms with Gasteiger partial charge in [0.1, 0.15) is 17.7 Å². The molecule has 3 nitrogen and oxygen atoms in total. The van der Waals surface area contributed by atoms with Crippen molar-refractivity contribution in [1.29, 1.82) is 0 Å². The van der Waals surface area contributed by atoms with Crippen molar-refractivity contribution in [2.75, 3.05) is 13.2 Å². The van der Waals surface area contributed by atoms with Crippen molar-refractivity contribution in [2.45, 2.75) is 18.9 Å². The maximum atomic E-state index is 13.0. The Morgan fingerprint density at radius 1 is 1.35 bits per heavy atom. The summed E-state index contributed by atoms with van der Waals surface area (Å²) >= 11 is 0. The summed E-state index contributed by atoms with van der Waals surface area (Å²) in [6.07, 6.45) is 1.13. The third-order valence-electron chi connectivity index (χ3n) is 3.40. The zero-order chi connectivity index (χ0) is 11.8. The van der Waals surface area contributed by atoms with Crippen LogP contribution in [0.4, 0.5) is 4.39 Å². The molecule has 2 heterocycles. The van der Waals surface area contributed by atoms with Gasteiger partial charge >= 0.3 is 0 Å². The summed E-state index contributed by atoms with van der Waals surface area (Å²) in [5.41, 5.74) is 0.361. The van der Waals surface area contributed by atoms with Crippen LogP contribution in [-0.2, 0) is 4.74 Å². The number of Topliss-reactive ketones (excluding diaryl/α,β-unsaturated/α-hetero) is 1. The first-order valence-corrected chi connectivity index (χ1v) is 5.81. The van der Waals surface area contributed by atoms with Gasteiger partial charge in [0.2, 0.25) is 0 Å². The Kier molecular flexibility index (Phi) is 2.59. The quantitative estimate of drug-likeness (QED) is 0.749. The van der Waals surface area contributed by atoms with Crippen molar-refractivity contribution >= 4 is 5.78 Å². The summed E-state index contributed by atoms with van der Waals surface area (Å²) in [5, 5.41) is 0. The monoisotopic (exact) mass is 236 g/mol. The molecule has 1 saturated heterocycles. The molecule has 3 rings (SSSR count). The van der Waals surface area contributed by atoms with Crippen LogP contribution in [0.15, 0.2) is 18.2 Å². The van der Waals surface area contributed by atoms with Gasteiger partial charge in [-0.25, -0.2) is 4.39 Å². The Morgan fingerprint density at radius 2 is 2.24 bits per heavy atom. The molecule has 0 N–H and O–H groups in total. The van der Waals surface area contributed by atoms with Gasteiger partial charge < -0.3 is 9.47 Å². The predicted molar refractivity (Wildman–Crippen MR) is 58.7 cm³/mol. The normalized spacial score (nSPS) is 27.7. The molecular weight excluding hydrogens is 223 g/mol. The number of hydrogen-bond acceptors (Lipinski definition) is 3.